The molecule has 0 aliphatic rings. The summed E-state index contributed by atoms with van der Waals surface area (Å²) >= 11 is 2.26. The van der Waals surface area contributed by atoms with Crippen molar-refractivity contribution in [3.8, 4) is 0 Å². The van der Waals surface area contributed by atoms with Gasteiger partial charge in [0, 0.05) is 22.6 Å². The highest BCUT2D eigenvalue weighted by atomic mass is 127. The van der Waals surface area contributed by atoms with E-state index in [-0.39, 0.29) is 0 Å². The summed E-state index contributed by atoms with van der Waals surface area (Å²) in [7, 11) is 0. The molecule has 10 heavy (non-hydrogen) atoms. The van der Waals surface area contributed by atoms with Gasteiger partial charge in [-0.25, -0.2) is 4.98 Å². The van der Waals surface area contributed by atoms with Crippen molar-refractivity contribution in [1.82, 2.24) is 9.97 Å². The molecule has 0 atom stereocenters. The minimum Gasteiger partial charge on any atom is -0.252 e. The van der Waals surface area contributed by atoms with Gasteiger partial charge in [0.25, 0.3) is 0 Å². The average molecular weight is 246 g/mol. The zero-order valence-corrected chi connectivity index (χ0v) is 7.24. The van der Waals surface area contributed by atoms with E-state index in [1.54, 1.807) is 12.4 Å². The van der Waals surface area contributed by atoms with E-state index in [1.165, 1.54) is 0 Å². The van der Waals surface area contributed by atoms with Crippen molar-refractivity contribution < 1.29 is 4.40 Å². The number of hydrogen-bond acceptors (Lipinski definition) is 1. The van der Waals surface area contributed by atoms with Crippen LogP contribution >= 0.6 is 22.6 Å². The van der Waals surface area contributed by atoms with Crippen LogP contribution in [0.5, 0.6) is 0 Å². The maximum Gasteiger partial charge on any atom is 0.303 e. The Labute approximate surface area is 71.3 Å². The predicted molar refractivity (Wildman–Crippen MR) is 44.5 cm³/mol. The van der Waals surface area contributed by atoms with Crippen LogP contribution in [0.25, 0.3) is 5.65 Å². The van der Waals surface area contributed by atoms with Gasteiger partial charge < -0.3 is 0 Å². The molecule has 0 saturated carbocycles. The summed E-state index contributed by atoms with van der Waals surface area (Å²) in [5.41, 5.74) is 1.02. The molecule has 0 aromatic carbocycles. The Hall–Kier alpha value is -0.650. The third kappa shape index (κ3) is 0.792. The standard InChI is InChI=1S/C6H4IN3/c7-5-3-9-6-4-8-1-2-10(5)6/h1-4H/p+1. The van der Waals surface area contributed by atoms with E-state index in [0.717, 1.165) is 9.35 Å². The first-order valence-electron chi connectivity index (χ1n) is 2.86. The second kappa shape index (κ2) is 2.19. The van der Waals surface area contributed by atoms with Crippen molar-refractivity contribution in [2.45, 2.75) is 0 Å². The Bertz CT molecular complexity index is 355. The summed E-state index contributed by atoms with van der Waals surface area (Å²) < 4.78 is 3.20. The number of fused-ring (bicyclic) bond motifs is 1. The molecule has 4 heteroatoms. The maximum atomic E-state index is 3.97. The number of imidazole rings is 1. The van der Waals surface area contributed by atoms with Crippen LogP contribution in [0.3, 0.4) is 0 Å². The van der Waals surface area contributed by atoms with Crippen LogP contribution in [0.4, 0.5) is 0 Å². The molecule has 0 aliphatic heterocycles. The number of halogens is 1. The number of rotatable bonds is 0. The van der Waals surface area contributed by atoms with Crippen molar-refractivity contribution in [1.29, 1.82) is 0 Å². The predicted octanol–water partition coefficient (Wildman–Crippen LogP) is 0.753. The molecule has 1 N–H and O–H groups in total. The molecule has 0 bridgehead atoms. The smallest absolute Gasteiger partial charge is 0.252 e. The van der Waals surface area contributed by atoms with Crippen LogP contribution in [0.15, 0.2) is 24.8 Å². The quantitative estimate of drug-likeness (QED) is 0.540. The van der Waals surface area contributed by atoms with Crippen LogP contribution in [-0.4, -0.2) is 9.97 Å². The van der Waals surface area contributed by atoms with Gasteiger partial charge in [-0.3, -0.25) is 4.98 Å². The zero-order valence-electron chi connectivity index (χ0n) is 5.08. The Morgan fingerprint density at radius 2 is 2.50 bits per heavy atom. The van der Waals surface area contributed by atoms with Gasteiger partial charge in [0.1, 0.15) is 18.6 Å². The molecular weight excluding hydrogens is 241 g/mol. The van der Waals surface area contributed by atoms with Crippen molar-refractivity contribution in [3.63, 3.8) is 0 Å². The molecule has 0 fully saturated rings. The van der Waals surface area contributed by atoms with Crippen molar-refractivity contribution in [3.05, 3.63) is 28.5 Å². The summed E-state index contributed by atoms with van der Waals surface area (Å²) in [6.07, 6.45) is 7.43. The van der Waals surface area contributed by atoms with Crippen molar-refractivity contribution >= 4 is 28.2 Å². The van der Waals surface area contributed by atoms with E-state index < -0.39 is 0 Å². The van der Waals surface area contributed by atoms with E-state index in [9.17, 15) is 0 Å². The summed E-state index contributed by atoms with van der Waals surface area (Å²) in [6, 6.07) is 0. The van der Waals surface area contributed by atoms with Gasteiger partial charge in [-0.1, -0.05) is 0 Å². The lowest BCUT2D eigenvalue weighted by Gasteiger charge is -1.81. The first-order chi connectivity index (χ1) is 4.88. The molecule has 50 valence electrons. The normalized spacial score (nSPS) is 10.5. The average Bonchev–Trinajstić information content (AvgIpc) is 2.34. The van der Waals surface area contributed by atoms with E-state index in [2.05, 4.69) is 32.6 Å². The highest BCUT2D eigenvalue weighted by Gasteiger charge is 2.04. The van der Waals surface area contributed by atoms with Crippen LogP contribution in [0.1, 0.15) is 0 Å². The summed E-state index contributed by atoms with van der Waals surface area (Å²) in [4.78, 5) is 7.05. The van der Waals surface area contributed by atoms with Crippen molar-refractivity contribution in [2.75, 3.05) is 0 Å². The van der Waals surface area contributed by atoms with Gasteiger partial charge in [0.15, 0.2) is 0 Å². The molecule has 2 heterocycles. The lowest BCUT2D eigenvalue weighted by atomic mass is 10.7. The lowest BCUT2D eigenvalue weighted by Crippen LogP contribution is -2.21. The lowest BCUT2D eigenvalue weighted by molar-refractivity contribution is -0.524. The van der Waals surface area contributed by atoms with E-state index in [4.69, 9.17) is 0 Å². The SMILES string of the molecule is Ic1c[nH]c2cncc[n+]12. The molecule has 0 saturated heterocycles. The summed E-state index contributed by atoms with van der Waals surface area (Å²) in [6.45, 7) is 0. The number of nitrogens with one attached hydrogen (secondary N) is 1. The van der Waals surface area contributed by atoms with Gasteiger partial charge >= 0.3 is 5.65 Å². The summed E-state index contributed by atoms with van der Waals surface area (Å²) in [5, 5.41) is 0. The fourth-order valence-electron chi connectivity index (χ4n) is 0.857. The molecule has 2 aromatic heterocycles. The third-order valence-electron chi connectivity index (χ3n) is 1.33. The molecule has 0 aliphatic carbocycles. The Kier molecular flexibility index (Phi) is 1.33. The minimum absolute atomic E-state index is 1.02. The molecule has 0 radical (unpaired) electrons. The van der Waals surface area contributed by atoms with Gasteiger partial charge in [-0.05, 0) is 0 Å². The highest BCUT2D eigenvalue weighted by molar-refractivity contribution is 14.1. The maximum absolute atomic E-state index is 3.97. The monoisotopic (exact) mass is 246 g/mol. The van der Waals surface area contributed by atoms with E-state index in [0.29, 0.717) is 0 Å². The second-order valence-electron chi connectivity index (χ2n) is 1.94. The third-order valence-corrected chi connectivity index (χ3v) is 2.16. The number of aromatic amines is 1. The molecular formula is C6H5IN3+. The van der Waals surface area contributed by atoms with Crippen LogP contribution < -0.4 is 4.40 Å². The molecule has 3 nitrogen and oxygen atoms in total. The number of H-pyrrole nitrogens is 1. The fraction of sp³-hybridized carbons (Fsp3) is 0. The highest BCUT2D eigenvalue weighted by Crippen LogP contribution is 1.97. The second-order valence-corrected chi connectivity index (χ2v) is 3.05. The molecule has 2 aromatic rings. The Balaban J connectivity index is 2.93. The van der Waals surface area contributed by atoms with Gasteiger partial charge in [0.2, 0.25) is 3.70 Å². The molecule has 2 rings (SSSR count). The number of hydrogen-bond donors (Lipinski definition) is 1. The fourth-order valence-corrected chi connectivity index (χ4v) is 1.43. The topological polar surface area (TPSA) is 32.8 Å². The molecule has 0 amide bonds. The van der Waals surface area contributed by atoms with Crippen LogP contribution in [0, 0.1) is 3.70 Å². The first-order valence-corrected chi connectivity index (χ1v) is 3.94. The number of aromatic nitrogens is 3. The van der Waals surface area contributed by atoms with Gasteiger partial charge in [-0.2, -0.15) is 4.40 Å². The minimum atomic E-state index is 1.02. The molecule has 0 spiro atoms. The first kappa shape index (κ1) is 6.09. The van der Waals surface area contributed by atoms with E-state index in [1.807, 2.05) is 16.8 Å². The zero-order chi connectivity index (χ0) is 6.97. The summed E-state index contributed by atoms with van der Waals surface area (Å²) in [5.74, 6) is 0. The molecule has 0 unspecified atom stereocenters. The van der Waals surface area contributed by atoms with Crippen molar-refractivity contribution in [2.24, 2.45) is 0 Å². The van der Waals surface area contributed by atoms with Gasteiger partial charge in [0.05, 0.1) is 6.20 Å². The van der Waals surface area contributed by atoms with Crippen LogP contribution in [-0.2, 0) is 0 Å². The van der Waals surface area contributed by atoms with Crippen LogP contribution in [0.2, 0.25) is 0 Å². The van der Waals surface area contributed by atoms with Gasteiger partial charge in [-0.15, -0.1) is 0 Å². The van der Waals surface area contributed by atoms with E-state index >= 15 is 0 Å². The Morgan fingerprint density at radius 1 is 1.60 bits per heavy atom. The number of nitrogens with zero attached hydrogens (tertiary/aromatic N) is 2. The largest absolute Gasteiger partial charge is 0.303 e. The Morgan fingerprint density at radius 3 is 3.30 bits per heavy atom.